The van der Waals surface area contributed by atoms with Crippen LogP contribution in [0.25, 0.3) is 26.8 Å². The predicted octanol–water partition coefficient (Wildman–Crippen LogP) is 5.97. The zero-order chi connectivity index (χ0) is 27.0. The summed E-state index contributed by atoms with van der Waals surface area (Å²) in [7, 11) is 0. The summed E-state index contributed by atoms with van der Waals surface area (Å²) in [6, 6.07) is 13.1. The summed E-state index contributed by atoms with van der Waals surface area (Å²) in [4.78, 5) is 24.1. The maximum absolute atomic E-state index is 13.2. The van der Waals surface area contributed by atoms with Crippen molar-refractivity contribution in [2.45, 2.75) is 32.0 Å². The summed E-state index contributed by atoms with van der Waals surface area (Å²) in [6.45, 7) is 1.71. The summed E-state index contributed by atoms with van der Waals surface area (Å²) in [5.41, 5.74) is 1.27. The molecule has 1 saturated heterocycles. The first-order chi connectivity index (χ1) is 18.8. The van der Waals surface area contributed by atoms with Crippen LogP contribution in [0, 0.1) is 5.92 Å². The van der Waals surface area contributed by atoms with Crippen LogP contribution in [-0.2, 0) is 17.5 Å². The molecule has 1 fully saturated rings. The second kappa shape index (κ2) is 10.3. The molecule has 1 N–H and O–H groups in total. The third-order valence-corrected chi connectivity index (χ3v) is 7.98. The van der Waals surface area contributed by atoms with Crippen LogP contribution in [0.4, 0.5) is 19.0 Å². The van der Waals surface area contributed by atoms with Gasteiger partial charge in [0.05, 0.1) is 22.6 Å². The van der Waals surface area contributed by atoms with Gasteiger partial charge < -0.3 is 10.2 Å². The molecule has 6 rings (SSSR count). The van der Waals surface area contributed by atoms with E-state index in [1.165, 1.54) is 33.2 Å². The average Bonchev–Trinajstić information content (AvgIpc) is 3.51. The Hall–Kier alpha value is -3.99. The van der Waals surface area contributed by atoms with Crippen molar-refractivity contribution in [2.24, 2.45) is 5.92 Å². The van der Waals surface area contributed by atoms with Crippen LogP contribution in [-0.4, -0.2) is 38.7 Å². The fraction of sp³-hybridized carbons (Fsp3) is 0.286. The number of anilines is 1. The lowest BCUT2D eigenvalue weighted by Crippen LogP contribution is -2.38. The molecule has 1 atom stereocenters. The highest BCUT2D eigenvalue weighted by Gasteiger charge is 2.30. The lowest BCUT2D eigenvalue weighted by Gasteiger charge is -2.25. The Morgan fingerprint density at radius 3 is 2.74 bits per heavy atom. The van der Waals surface area contributed by atoms with E-state index in [1.54, 1.807) is 17.5 Å². The highest BCUT2D eigenvalue weighted by atomic mass is 32.1. The monoisotopic (exact) mass is 550 g/mol. The van der Waals surface area contributed by atoms with Gasteiger partial charge in [0.15, 0.2) is 5.65 Å². The molecule has 0 radical (unpaired) electrons. The summed E-state index contributed by atoms with van der Waals surface area (Å²) < 4.78 is 41.7. The van der Waals surface area contributed by atoms with Gasteiger partial charge in [-0.3, -0.25) is 4.79 Å². The molecular formula is C28H25F3N6OS. The van der Waals surface area contributed by atoms with Gasteiger partial charge in [-0.15, -0.1) is 16.4 Å². The Kier molecular flexibility index (Phi) is 6.68. The largest absolute Gasteiger partial charge is 0.416 e. The second-order valence-corrected chi connectivity index (χ2v) is 10.6. The van der Waals surface area contributed by atoms with Crippen LogP contribution in [0.15, 0.2) is 66.4 Å². The predicted molar refractivity (Wildman–Crippen MR) is 145 cm³/mol. The number of alkyl halides is 3. The molecule has 200 valence electrons. The first-order valence-electron chi connectivity index (χ1n) is 12.7. The second-order valence-electron chi connectivity index (χ2n) is 9.70. The van der Waals surface area contributed by atoms with E-state index in [-0.39, 0.29) is 11.8 Å². The molecule has 1 aliphatic rings. The number of rotatable bonds is 5. The Labute approximate surface area is 226 Å². The van der Waals surface area contributed by atoms with Crippen molar-refractivity contribution < 1.29 is 18.0 Å². The summed E-state index contributed by atoms with van der Waals surface area (Å²) in [6.07, 6.45) is 1.38. The lowest BCUT2D eigenvalue weighted by molar-refractivity contribution is -0.137. The number of nitrogens with zero attached hydrogens (tertiary/aromatic N) is 5. The number of hydrogen-bond acceptors (Lipinski definition) is 6. The number of nitrogens with one attached hydrogen (secondary N) is 1. The molecule has 1 aliphatic heterocycles. The number of benzene rings is 2. The SMILES string of the molecule is O=C(NCc1ccc2sccc2c1)C1CCCCN(c2ncnc3nn(-c4ccc(C(F)(F)F)cc4)cc23)C1. The molecule has 7 nitrogen and oxygen atoms in total. The zero-order valence-electron chi connectivity index (χ0n) is 20.9. The third-order valence-electron chi connectivity index (χ3n) is 7.08. The number of carbonyl (C=O) groups is 1. The van der Waals surface area contributed by atoms with E-state index in [0.717, 1.165) is 43.5 Å². The van der Waals surface area contributed by atoms with Gasteiger partial charge in [-0.25, -0.2) is 14.6 Å². The summed E-state index contributed by atoms with van der Waals surface area (Å²) in [5, 5.41) is 11.5. The third kappa shape index (κ3) is 5.31. The van der Waals surface area contributed by atoms with Gasteiger partial charge in [0, 0.05) is 30.5 Å². The first-order valence-corrected chi connectivity index (χ1v) is 13.6. The van der Waals surface area contributed by atoms with Crippen molar-refractivity contribution in [3.8, 4) is 5.69 Å². The molecule has 2 aromatic carbocycles. The van der Waals surface area contributed by atoms with E-state index in [4.69, 9.17) is 0 Å². The van der Waals surface area contributed by atoms with E-state index in [1.807, 2.05) is 6.07 Å². The van der Waals surface area contributed by atoms with Crippen molar-refractivity contribution in [1.82, 2.24) is 25.1 Å². The minimum atomic E-state index is -4.40. The molecular weight excluding hydrogens is 525 g/mol. The number of carbonyl (C=O) groups excluding carboxylic acids is 1. The lowest BCUT2D eigenvalue weighted by atomic mass is 10.0. The average molecular weight is 551 g/mol. The fourth-order valence-corrected chi connectivity index (χ4v) is 5.79. The van der Waals surface area contributed by atoms with Crippen LogP contribution >= 0.6 is 11.3 Å². The number of halogens is 3. The molecule has 39 heavy (non-hydrogen) atoms. The van der Waals surface area contributed by atoms with Gasteiger partial charge in [0.25, 0.3) is 0 Å². The van der Waals surface area contributed by atoms with Crippen molar-refractivity contribution >= 4 is 44.2 Å². The van der Waals surface area contributed by atoms with Crippen LogP contribution < -0.4 is 10.2 Å². The van der Waals surface area contributed by atoms with Crippen molar-refractivity contribution in [2.75, 3.05) is 18.0 Å². The quantitative estimate of drug-likeness (QED) is 0.292. The number of aromatic nitrogens is 4. The smallest absolute Gasteiger partial charge is 0.355 e. The summed E-state index contributed by atoms with van der Waals surface area (Å²) >= 11 is 1.70. The Morgan fingerprint density at radius 2 is 1.92 bits per heavy atom. The van der Waals surface area contributed by atoms with Crippen LogP contribution in [0.2, 0.25) is 0 Å². The normalized spacial score (nSPS) is 16.5. The molecule has 4 heterocycles. The minimum Gasteiger partial charge on any atom is -0.355 e. The molecule has 0 saturated carbocycles. The van der Waals surface area contributed by atoms with E-state index in [2.05, 4.69) is 48.9 Å². The number of hydrogen-bond donors (Lipinski definition) is 1. The topological polar surface area (TPSA) is 75.9 Å². The molecule has 0 aliphatic carbocycles. The van der Waals surface area contributed by atoms with Crippen LogP contribution in [0.5, 0.6) is 0 Å². The van der Waals surface area contributed by atoms with E-state index in [9.17, 15) is 18.0 Å². The van der Waals surface area contributed by atoms with Crippen molar-refractivity contribution in [3.05, 3.63) is 77.6 Å². The molecule has 3 aromatic heterocycles. The van der Waals surface area contributed by atoms with E-state index >= 15 is 0 Å². The minimum absolute atomic E-state index is 0.0121. The van der Waals surface area contributed by atoms with Gasteiger partial charge in [-0.2, -0.15) is 13.2 Å². The Balaban J connectivity index is 1.20. The molecule has 0 bridgehead atoms. The first kappa shape index (κ1) is 25.3. The van der Waals surface area contributed by atoms with Crippen LogP contribution in [0.3, 0.4) is 0 Å². The number of thiophene rings is 1. The number of amides is 1. The maximum atomic E-state index is 13.2. The van der Waals surface area contributed by atoms with E-state index in [0.29, 0.717) is 35.6 Å². The fourth-order valence-electron chi connectivity index (χ4n) is 5.02. The summed E-state index contributed by atoms with van der Waals surface area (Å²) in [5.74, 6) is 0.478. The van der Waals surface area contributed by atoms with Gasteiger partial charge >= 0.3 is 6.18 Å². The van der Waals surface area contributed by atoms with Crippen molar-refractivity contribution in [3.63, 3.8) is 0 Å². The highest BCUT2D eigenvalue weighted by molar-refractivity contribution is 7.17. The maximum Gasteiger partial charge on any atom is 0.416 e. The van der Waals surface area contributed by atoms with Crippen molar-refractivity contribution in [1.29, 1.82) is 0 Å². The highest BCUT2D eigenvalue weighted by Crippen LogP contribution is 2.31. The molecule has 1 amide bonds. The Bertz CT molecular complexity index is 1630. The molecule has 1 unspecified atom stereocenters. The molecule has 11 heteroatoms. The molecule has 0 spiro atoms. The van der Waals surface area contributed by atoms with Gasteiger partial charge in [-0.1, -0.05) is 12.5 Å². The Morgan fingerprint density at radius 1 is 1.08 bits per heavy atom. The van der Waals surface area contributed by atoms with Gasteiger partial charge in [0.1, 0.15) is 12.1 Å². The molecule has 5 aromatic rings. The van der Waals surface area contributed by atoms with E-state index < -0.39 is 11.7 Å². The number of fused-ring (bicyclic) bond motifs is 2. The van der Waals surface area contributed by atoms with Gasteiger partial charge in [0.2, 0.25) is 5.91 Å². The zero-order valence-corrected chi connectivity index (χ0v) is 21.7. The van der Waals surface area contributed by atoms with Crippen LogP contribution in [0.1, 0.15) is 30.4 Å². The standard InChI is InChI=1S/C28H25F3N6OS/c29-28(30,31)21-5-7-22(8-6-21)37-16-23-25(35-37)33-17-34-26(23)36-11-2-1-3-20(15-36)27(38)32-14-18-4-9-24-19(13-18)10-12-39-24/h4-10,12-13,16-17,20H,1-3,11,14-15H2,(H,32,38). The van der Waals surface area contributed by atoms with Gasteiger partial charge in [-0.05, 0) is 71.6 Å².